The zero-order chi connectivity index (χ0) is 13.5. The Hall–Kier alpha value is -2.13. The zero-order valence-corrected chi connectivity index (χ0v) is 10.8. The van der Waals surface area contributed by atoms with Gasteiger partial charge in [-0.2, -0.15) is 0 Å². The molecule has 0 N–H and O–H groups in total. The van der Waals surface area contributed by atoms with E-state index in [-0.39, 0.29) is 6.79 Å². The largest absolute Gasteiger partial charge is 0.467 e. The normalized spacial score (nSPS) is 10.2. The fourth-order valence-electron chi connectivity index (χ4n) is 1.80. The van der Waals surface area contributed by atoms with Crippen LogP contribution in [-0.4, -0.2) is 13.1 Å². The first-order valence-corrected chi connectivity index (χ1v) is 6.10. The van der Waals surface area contributed by atoms with E-state index < -0.39 is 0 Å². The molecule has 2 aromatic carbocycles. The Labute approximate surface area is 112 Å². The van der Waals surface area contributed by atoms with Gasteiger partial charge in [-0.1, -0.05) is 42.5 Å². The van der Waals surface area contributed by atoms with Gasteiger partial charge in [-0.05, 0) is 24.1 Å². The average Bonchev–Trinajstić information content (AvgIpc) is 2.46. The fraction of sp³-hybridized carbons (Fsp3) is 0.188. The van der Waals surface area contributed by atoms with Gasteiger partial charge in [0.25, 0.3) is 0 Å². The van der Waals surface area contributed by atoms with Crippen LogP contribution in [0.15, 0.2) is 48.5 Å². The monoisotopic (exact) mass is 256 g/mol. The lowest BCUT2D eigenvalue weighted by Crippen LogP contribution is -2.05. The standard InChI is InChI=1S/C16H16O3/c1-13-6-5-9-15(10-17)16(13)19-12-18-11-14-7-3-2-4-8-14/h2-10H,11-12H2,1H3. The zero-order valence-electron chi connectivity index (χ0n) is 10.8. The highest BCUT2D eigenvalue weighted by Crippen LogP contribution is 2.21. The molecule has 19 heavy (non-hydrogen) atoms. The lowest BCUT2D eigenvalue weighted by atomic mass is 10.1. The number of hydrogen-bond donors (Lipinski definition) is 0. The SMILES string of the molecule is Cc1cccc(C=O)c1OCOCc1ccccc1. The highest BCUT2D eigenvalue weighted by molar-refractivity contribution is 5.80. The molecule has 0 aliphatic rings. The van der Waals surface area contributed by atoms with Gasteiger partial charge in [0.15, 0.2) is 13.1 Å². The second-order valence-corrected chi connectivity index (χ2v) is 4.21. The summed E-state index contributed by atoms with van der Waals surface area (Å²) in [6.45, 7) is 2.52. The van der Waals surface area contributed by atoms with Crippen molar-refractivity contribution in [2.45, 2.75) is 13.5 Å². The Balaban J connectivity index is 1.88. The molecule has 98 valence electrons. The van der Waals surface area contributed by atoms with Crippen LogP contribution < -0.4 is 4.74 Å². The van der Waals surface area contributed by atoms with Crippen molar-refractivity contribution in [2.24, 2.45) is 0 Å². The molecule has 0 spiro atoms. The number of ether oxygens (including phenoxy) is 2. The second-order valence-electron chi connectivity index (χ2n) is 4.21. The van der Waals surface area contributed by atoms with E-state index >= 15 is 0 Å². The molecule has 2 aromatic rings. The summed E-state index contributed by atoms with van der Waals surface area (Å²) in [6, 6.07) is 15.3. The van der Waals surface area contributed by atoms with E-state index in [2.05, 4.69) is 0 Å². The first-order chi connectivity index (χ1) is 9.31. The number of carbonyl (C=O) groups is 1. The predicted molar refractivity (Wildman–Crippen MR) is 73.3 cm³/mol. The third-order valence-corrected chi connectivity index (χ3v) is 2.77. The van der Waals surface area contributed by atoms with Crippen LogP contribution in [0.25, 0.3) is 0 Å². The summed E-state index contributed by atoms with van der Waals surface area (Å²) in [5.41, 5.74) is 2.56. The lowest BCUT2D eigenvalue weighted by molar-refractivity contribution is 0.00441. The number of hydrogen-bond acceptors (Lipinski definition) is 3. The van der Waals surface area contributed by atoms with E-state index in [4.69, 9.17) is 9.47 Å². The molecule has 3 heteroatoms. The van der Waals surface area contributed by atoms with Crippen LogP contribution in [0.2, 0.25) is 0 Å². The minimum absolute atomic E-state index is 0.126. The van der Waals surface area contributed by atoms with Crippen LogP contribution in [0.3, 0.4) is 0 Å². The summed E-state index contributed by atoms with van der Waals surface area (Å²) >= 11 is 0. The molecule has 0 heterocycles. The molecule has 3 nitrogen and oxygen atoms in total. The average molecular weight is 256 g/mol. The summed E-state index contributed by atoms with van der Waals surface area (Å²) < 4.78 is 11.0. The van der Waals surface area contributed by atoms with Crippen LogP contribution in [0.1, 0.15) is 21.5 Å². The maximum absolute atomic E-state index is 10.9. The third-order valence-electron chi connectivity index (χ3n) is 2.77. The van der Waals surface area contributed by atoms with Crippen molar-refractivity contribution >= 4 is 6.29 Å². The van der Waals surface area contributed by atoms with Crippen molar-refractivity contribution in [3.05, 3.63) is 65.2 Å². The Morgan fingerprint density at radius 2 is 1.84 bits per heavy atom. The maximum atomic E-state index is 10.9. The molecule has 0 unspecified atom stereocenters. The lowest BCUT2D eigenvalue weighted by Gasteiger charge is -2.11. The molecular weight excluding hydrogens is 240 g/mol. The van der Waals surface area contributed by atoms with E-state index in [0.29, 0.717) is 17.9 Å². The molecule has 0 aromatic heterocycles. The summed E-state index contributed by atoms with van der Waals surface area (Å²) in [5, 5.41) is 0. The van der Waals surface area contributed by atoms with Crippen molar-refractivity contribution in [3.8, 4) is 5.75 Å². The van der Waals surface area contributed by atoms with Gasteiger partial charge in [-0.25, -0.2) is 0 Å². The third kappa shape index (κ3) is 3.66. The quantitative estimate of drug-likeness (QED) is 0.451. The van der Waals surface area contributed by atoms with E-state index in [1.54, 1.807) is 6.07 Å². The van der Waals surface area contributed by atoms with Crippen LogP contribution in [0, 0.1) is 6.92 Å². The van der Waals surface area contributed by atoms with Gasteiger partial charge in [0.05, 0.1) is 12.2 Å². The van der Waals surface area contributed by atoms with E-state index in [1.807, 2.05) is 49.4 Å². The van der Waals surface area contributed by atoms with Crippen LogP contribution >= 0.6 is 0 Å². The molecule has 2 rings (SSSR count). The van der Waals surface area contributed by atoms with Crippen molar-refractivity contribution < 1.29 is 14.3 Å². The number of para-hydroxylation sites is 1. The van der Waals surface area contributed by atoms with Crippen molar-refractivity contribution in [1.82, 2.24) is 0 Å². The molecule has 0 aliphatic heterocycles. The van der Waals surface area contributed by atoms with E-state index in [1.165, 1.54) is 0 Å². The van der Waals surface area contributed by atoms with Crippen molar-refractivity contribution in [1.29, 1.82) is 0 Å². The molecule has 0 fully saturated rings. The predicted octanol–water partition coefficient (Wildman–Crippen LogP) is 3.36. The van der Waals surface area contributed by atoms with Crippen LogP contribution in [0.5, 0.6) is 5.75 Å². The van der Waals surface area contributed by atoms with Crippen molar-refractivity contribution in [3.63, 3.8) is 0 Å². The van der Waals surface area contributed by atoms with Crippen LogP contribution in [0.4, 0.5) is 0 Å². The highest BCUT2D eigenvalue weighted by Gasteiger charge is 2.05. The molecule has 0 atom stereocenters. The second kappa shape index (κ2) is 6.71. The van der Waals surface area contributed by atoms with Gasteiger partial charge in [-0.15, -0.1) is 0 Å². The van der Waals surface area contributed by atoms with E-state index in [9.17, 15) is 4.79 Å². The molecule has 0 bridgehead atoms. The first-order valence-electron chi connectivity index (χ1n) is 6.10. The minimum atomic E-state index is 0.126. The van der Waals surface area contributed by atoms with Gasteiger partial charge in [-0.3, -0.25) is 4.79 Å². The Morgan fingerprint density at radius 3 is 2.58 bits per heavy atom. The Bertz CT molecular complexity index is 535. The smallest absolute Gasteiger partial charge is 0.189 e. The van der Waals surface area contributed by atoms with Gasteiger partial charge in [0.2, 0.25) is 0 Å². The maximum Gasteiger partial charge on any atom is 0.189 e. The van der Waals surface area contributed by atoms with Gasteiger partial charge >= 0.3 is 0 Å². The Kier molecular flexibility index (Phi) is 4.70. The number of aldehydes is 1. The number of aryl methyl sites for hydroxylation is 1. The summed E-state index contributed by atoms with van der Waals surface area (Å²) in [5.74, 6) is 0.588. The first kappa shape index (κ1) is 13.3. The van der Waals surface area contributed by atoms with Crippen LogP contribution in [-0.2, 0) is 11.3 Å². The molecule has 0 saturated carbocycles. The summed E-state index contributed by atoms with van der Waals surface area (Å²) in [4.78, 5) is 10.9. The summed E-state index contributed by atoms with van der Waals surface area (Å²) in [7, 11) is 0. The molecule has 0 amide bonds. The molecule has 0 radical (unpaired) electrons. The number of rotatable bonds is 6. The highest BCUT2D eigenvalue weighted by atomic mass is 16.7. The topological polar surface area (TPSA) is 35.5 Å². The fourth-order valence-corrected chi connectivity index (χ4v) is 1.80. The molecule has 0 aliphatic carbocycles. The van der Waals surface area contributed by atoms with Gasteiger partial charge < -0.3 is 9.47 Å². The van der Waals surface area contributed by atoms with Gasteiger partial charge in [0, 0.05) is 0 Å². The summed E-state index contributed by atoms with van der Waals surface area (Å²) in [6.07, 6.45) is 0.791. The number of benzene rings is 2. The molecular formula is C16H16O3. The van der Waals surface area contributed by atoms with Crippen molar-refractivity contribution in [2.75, 3.05) is 6.79 Å². The minimum Gasteiger partial charge on any atom is -0.467 e. The number of carbonyl (C=O) groups excluding carboxylic acids is 1. The Morgan fingerprint density at radius 1 is 1.05 bits per heavy atom. The van der Waals surface area contributed by atoms with E-state index in [0.717, 1.165) is 17.4 Å². The van der Waals surface area contributed by atoms with Gasteiger partial charge in [0.1, 0.15) is 5.75 Å². The molecule has 0 saturated heterocycles.